The minimum atomic E-state index is -0.856. The quantitative estimate of drug-likeness (QED) is 0.746. The van der Waals surface area contributed by atoms with Gasteiger partial charge in [-0.15, -0.1) is 0 Å². The molecule has 2 rings (SSSR count). The van der Waals surface area contributed by atoms with Gasteiger partial charge in [0.2, 0.25) is 11.8 Å². The summed E-state index contributed by atoms with van der Waals surface area (Å²) >= 11 is 0. The topological polar surface area (TPSA) is 85.2 Å². The van der Waals surface area contributed by atoms with Crippen LogP contribution in [0.15, 0.2) is 36.7 Å². The van der Waals surface area contributed by atoms with Crippen molar-refractivity contribution in [3.63, 3.8) is 0 Å². The molecule has 0 atom stereocenters. The highest BCUT2D eigenvalue weighted by Crippen LogP contribution is 2.18. The zero-order valence-electron chi connectivity index (χ0n) is 16.6. The van der Waals surface area contributed by atoms with E-state index in [1.165, 1.54) is 0 Å². The van der Waals surface area contributed by atoms with Gasteiger partial charge < -0.3 is 15.4 Å². The molecule has 0 bridgehead atoms. The van der Waals surface area contributed by atoms with Gasteiger partial charge in [-0.05, 0) is 37.5 Å². The SMILES string of the molecule is COc1cccc(CC(=O)Nc2cnn(C(C)(C)C(=O)NCC(C)C)c2)c1. The lowest BCUT2D eigenvalue weighted by molar-refractivity contribution is -0.129. The van der Waals surface area contributed by atoms with Crippen LogP contribution in [0.3, 0.4) is 0 Å². The molecule has 7 nitrogen and oxygen atoms in total. The predicted octanol–water partition coefficient (Wildman–Crippen LogP) is 2.58. The van der Waals surface area contributed by atoms with Crippen molar-refractivity contribution in [3.05, 3.63) is 42.2 Å². The lowest BCUT2D eigenvalue weighted by Crippen LogP contribution is -2.45. The Morgan fingerprint density at radius 2 is 2.04 bits per heavy atom. The van der Waals surface area contributed by atoms with E-state index in [0.717, 1.165) is 5.56 Å². The number of anilines is 1. The first kappa shape index (κ1) is 20.5. The van der Waals surface area contributed by atoms with E-state index in [1.807, 2.05) is 38.1 Å². The Kier molecular flexibility index (Phi) is 6.60. The number of amides is 2. The Hall–Kier alpha value is -2.83. The van der Waals surface area contributed by atoms with Crippen molar-refractivity contribution in [2.45, 2.75) is 39.7 Å². The number of carbonyl (C=O) groups is 2. The van der Waals surface area contributed by atoms with E-state index in [9.17, 15) is 9.59 Å². The van der Waals surface area contributed by atoms with Crippen LogP contribution < -0.4 is 15.4 Å². The minimum Gasteiger partial charge on any atom is -0.497 e. The molecule has 0 unspecified atom stereocenters. The highest BCUT2D eigenvalue weighted by atomic mass is 16.5. The predicted molar refractivity (Wildman–Crippen MR) is 105 cm³/mol. The van der Waals surface area contributed by atoms with Gasteiger partial charge in [-0.25, -0.2) is 0 Å². The second kappa shape index (κ2) is 8.70. The van der Waals surface area contributed by atoms with Crippen molar-refractivity contribution in [3.8, 4) is 5.75 Å². The monoisotopic (exact) mass is 372 g/mol. The third kappa shape index (κ3) is 5.57. The first-order valence-corrected chi connectivity index (χ1v) is 8.98. The van der Waals surface area contributed by atoms with E-state index in [4.69, 9.17) is 4.74 Å². The van der Waals surface area contributed by atoms with Crippen LogP contribution in [0.4, 0.5) is 5.69 Å². The molecule has 0 saturated carbocycles. The number of aromatic nitrogens is 2. The first-order chi connectivity index (χ1) is 12.7. The molecule has 0 saturated heterocycles. The van der Waals surface area contributed by atoms with Crippen molar-refractivity contribution in [1.82, 2.24) is 15.1 Å². The van der Waals surface area contributed by atoms with Gasteiger partial charge >= 0.3 is 0 Å². The second-order valence-electron chi connectivity index (χ2n) is 7.41. The molecule has 0 spiro atoms. The Morgan fingerprint density at radius 3 is 2.70 bits per heavy atom. The summed E-state index contributed by atoms with van der Waals surface area (Å²) in [5, 5.41) is 9.97. The van der Waals surface area contributed by atoms with Crippen molar-refractivity contribution in [1.29, 1.82) is 0 Å². The number of benzene rings is 1. The van der Waals surface area contributed by atoms with Gasteiger partial charge in [0.05, 0.1) is 25.4 Å². The van der Waals surface area contributed by atoms with Crippen molar-refractivity contribution in [2.75, 3.05) is 19.0 Å². The number of nitrogens with one attached hydrogen (secondary N) is 2. The number of nitrogens with zero attached hydrogens (tertiary/aromatic N) is 2. The average Bonchev–Trinajstić information content (AvgIpc) is 3.08. The van der Waals surface area contributed by atoms with Gasteiger partial charge in [0.15, 0.2) is 0 Å². The summed E-state index contributed by atoms with van der Waals surface area (Å²) in [7, 11) is 1.59. The normalized spacial score (nSPS) is 11.3. The number of methoxy groups -OCH3 is 1. The number of rotatable bonds is 8. The lowest BCUT2D eigenvalue weighted by Gasteiger charge is -2.24. The van der Waals surface area contributed by atoms with Crippen LogP contribution in [0.5, 0.6) is 5.75 Å². The van der Waals surface area contributed by atoms with Crippen LogP contribution >= 0.6 is 0 Å². The molecule has 7 heteroatoms. The molecule has 1 heterocycles. The van der Waals surface area contributed by atoms with Crippen LogP contribution in [-0.2, 0) is 21.5 Å². The Balaban J connectivity index is 1.99. The van der Waals surface area contributed by atoms with E-state index in [1.54, 1.807) is 38.0 Å². The molecule has 2 amide bonds. The van der Waals surface area contributed by atoms with Gasteiger partial charge in [0, 0.05) is 12.7 Å². The third-order valence-electron chi connectivity index (χ3n) is 4.16. The van der Waals surface area contributed by atoms with Crippen LogP contribution in [0.25, 0.3) is 0 Å². The lowest BCUT2D eigenvalue weighted by atomic mass is 10.0. The summed E-state index contributed by atoms with van der Waals surface area (Å²) in [4.78, 5) is 24.7. The van der Waals surface area contributed by atoms with Crippen LogP contribution in [-0.4, -0.2) is 35.2 Å². The van der Waals surface area contributed by atoms with Crippen molar-refractivity contribution in [2.24, 2.45) is 5.92 Å². The zero-order chi connectivity index (χ0) is 20.0. The fourth-order valence-corrected chi connectivity index (χ4v) is 2.48. The van der Waals surface area contributed by atoms with Gasteiger partial charge in [-0.2, -0.15) is 5.10 Å². The fraction of sp³-hybridized carbons (Fsp3) is 0.450. The zero-order valence-corrected chi connectivity index (χ0v) is 16.6. The standard InChI is InChI=1S/C20H28N4O3/c1-14(2)11-21-19(26)20(3,4)24-13-16(12-22-24)23-18(25)10-15-7-6-8-17(9-15)27-5/h6-9,12-14H,10-11H2,1-5H3,(H,21,26)(H,23,25). The molecule has 1 aromatic carbocycles. The molecule has 0 aliphatic rings. The van der Waals surface area contributed by atoms with E-state index >= 15 is 0 Å². The maximum Gasteiger partial charge on any atom is 0.247 e. The van der Waals surface area contributed by atoms with Crippen molar-refractivity contribution < 1.29 is 14.3 Å². The third-order valence-corrected chi connectivity index (χ3v) is 4.16. The molecule has 2 aromatic rings. The van der Waals surface area contributed by atoms with E-state index in [-0.39, 0.29) is 18.2 Å². The Labute approximate surface area is 160 Å². The molecule has 0 fully saturated rings. The maximum absolute atomic E-state index is 12.4. The summed E-state index contributed by atoms with van der Waals surface area (Å²) < 4.78 is 6.73. The van der Waals surface area contributed by atoms with Gasteiger partial charge in [-0.3, -0.25) is 14.3 Å². The maximum atomic E-state index is 12.4. The van der Waals surface area contributed by atoms with E-state index in [2.05, 4.69) is 15.7 Å². The molecule has 0 aliphatic carbocycles. The smallest absolute Gasteiger partial charge is 0.247 e. The summed E-state index contributed by atoms with van der Waals surface area (Å²) in [5.41, 5.74) is 0.547. The number of hydrogen-bond donors (Lipinski definition) is 2. The first-order valence-electron chi connectivity index (χ1n) is 8.98. The van der Waals surface area contributed by atoms with Gasteiger partial charge in [-0.1, -0.05) is 26.0 Å². The molecular formula is C20H28N4O3. The Morgan fingerprint density at radius 1 is 1.30 bits per heavy atom. The summed E-state index contributed by atoms with van der Waals surface area (Å²) in [5.74, 6) is 0.800. The van der Waals surface area contributed by atoms with Crippen LogP contribution in [0, 0.1) is 5.92 Å². The van der Waals surface area contributed by atoms with Crippen LogP contribution in [0.1, 0.15) is 33.3 Å². The van der Waals surface area contributed by atoms with Gasteiger partial charge in [0.1, 0.15) is 11.3 Å². The largest absolute Gasteiger partial charge is 0.497 e. The number of ether oxygens (including phenoxy) is 1. The number of carbonyl (C=O) groups excluding carboxylic acids is 2. The second-order valence-corrected chi connectivity index (χ2v) is 7.41. The molecule has 0 radical (unpaired) electrons. The highest BCUT2D eigenvalue weighted by molar-refractivity contribution is 5.92. The minimum absolute atomic E-state index is 0.117. The molecular weight excluding hydrogens is 344 g/mol. The Bertz CT molecular complexity index is 796. The molecule has 27 heavy (non-hydrogen) atoms. The van der Waals surface area contributed by atoms with E-state index in [0.29, 0.717) is 23.9 Å². The fourth-order valence-electron chi connectivity index (χ4n) is 2.48. The molecule has 0 aliphatic heterocycles. The summed E-state index contributed by atoms with van der Waals surface area (Å²) in [6, 6.07) is 7.37. The molecule has 1 aromatic heterocycles. The highest BCUT2D eigenvalue weighted by Gasteiger charge is 2.30. The van der Waals surface area contributed by atoms with Gasteiger partial charge in [0.25, 0.3) is 0 Å². The summed E-state index contributed by atoms with van der Waals surface area (Å²) in [6.07, 6.45) is 3.43. The molecule has 2 N–H and O–H groups in total. The molecule has 146 valence electrons. The summed E-state index contributed by atoms with van der Waals surface area (Å²) in [6.45, 7) is 8.26. The number of hydrogen-bond acceptors (Lipinski definition) is 4. The van der Waals surface area contributed by atoms with Crippen LogP contribution in [0.2, 0.25) is 0 Å². The van der Waals surface area contributed by atoms with Crippen molar-refractivity contribution >= 4 is 17.5 Å². The van der Waals surface area contributed by atoms with E-state index < -0.39 is 5.54 Å². The average molecular weight is 372 g/mol.